The van der Waals surface area contributed by atoms with Crippen molar-refractivity contribution in [1.29, 1.82) is 0 Å². The average molecular weight is 334 g/mol. The summed E-state index contributed by atoms with van der Waals surface area (Å²) in [6.45, 7) is 0. The smallest absolute Gasteiger partial charge is 0.137 e. The highest BCUT2D eigenvalue weighted by molar-refractivity contribution is 9.10. The van der Waals surface area contributed by atoms with E-state index in [1.807, 2.05) is 30.3 Å². The van der Waals surface area contributed by atoms with Crippen LogP contribution in [0.4, 0.5) is 0 Å². The molecule has 3 nitrogen and oxygen atoms in total. The zero-order valence-corrected chi connectivity index (χ0v) is 12.9. The highest BCUT2D eigenvalue weighted by Gasteiger charge is 2.09. The van der Waals surface area contributed by atoms with E-state index in [-0.39, 0.29) is 5.78 Å². The van der Waals surface area contributed by atoms with Crippen LogP contribution in [0.1, 0.15) is 17.5 Å². The fourth-order valence-electron chi connectivity index (χ4n) is 2.02. The van der Waals surface area contributed by atoms with Gasteiger partial charge in [0.05, 0.1) is 7.11 Å². The minimum atomic E-state index is 0.207. The number of Topliss-reactive ketones (excluding diaryl/α,β-unsaturated/α-hetero) is 1. The lowest BCUT2D eigenvalue weighted by Crippen LogP contribution is -2.06. The predicted octanol–water partition coefficient (Wildman–Crippen LogP) is 3.60. The number of hydrogen-bond donors (Lipinski definition) is 0. The molecule has 0 fully saturated rings. The Morgan fingerprint density at radius 3 is 2.70 bits per heavy atom. The number of methoxy groups -OCH3 is 1. The van der Waals surface area contributed by atoms with Crippen LogP contribution in [0.25, 0.3) is 0 Å². The Bertz CT molecular complexity index is 584. The van der Waals surface area contributed by atoms with Gasteiger partial charge < -0.3 is 4.74 Å². The van der Waals surface area contributed by atoms with Gasteiger partial charge in [0.15, 0.2) is 0 Å². The second kappa shape index (κ2) is 7.20. The Hall–Kier alpha value is -1.68. The van der Waals surface area contributed by atoms with Crippen LogP contribution in [0.3, 0.4) is 0 Å². The first-order valence-electron chi connectivity index (χ1n) is 6.42. The second-order valence-corrected chi connectivity index (χ2v) is 5.44. The Kier molecular flexibility index (Phi) is 5.30. The fraction of sp³-hybridized carbons (Fsp3) is 0.250. The average Bonchev–Trinajstić information content (AvgIpc) is 2.46. The lowest BCUT2D eigenvalue weighted by Gasteiger charge is -2.08. The predicted molar refractivity (Wildman–Crippen MR) is 82.0 cm³/mol. The summed E-state index contributed by atoms with van der Waals surface area (Å²) in [5.41, 5.74) is 2.05. The number of aryl methyl sites for hydroxylation is 1. The van der Waals surface area contributed by atoms with E-state index in [4.69, 9.17) is 4.74 Å². The quantitative estimate of drug-likeness (QED) is 0.810. The van der Waals surface area contributed by atoms with Crippen molar-refractivity contribution in [2.45, 2.75) is 19.3 Å². The maximum Gasteiger partial charge on any atom is 0.137 e. The molecular weight excluding hydrogens is 318 g/mol. The van der Waals surface area contributed by atoms with Crippen LogP contribution in [-0.4, -0.2) is 17.9 Å². The third-order valence-corrected chi connectivity index (χ3v) is 3.57. The molecule has 4 heteroatoms. The summed E-state index contributed by atoms with van der Waals surface area (Å²) in [6, 6.07) is 9.59. The van der Waals surface area contributed by atoms with Crippen molar-refractivity contribution < 1.29 is 9.53 Å². The normalized spacial score (nSPS) is 10.3. The highest BCUT2D eigenvalue weighted by Crippen LogP contribution is 2.24. The molecule has 0 atom stereocenters. The Balaban J connectivity index is 1.96. The van der Waals surface area contributed by atoms with Crippen LogP contribution in [0, 0.1) is 0 Å². The van der Waals surface area contributed by atoms with Crippen LogP contribution in [0.15, 0.2) is 47.2 Å². The van der Waals surface area contributed by atoms with Crippen LogP contribution in [0.2, 0.25) is 0 Å². The summed E-state index contributed by atoms with van der Waals surface area (Å²) in [4.78, 5) is 16.0. The Morgan fingerprint density at radius 1 is 1.25 bits per heavy atom. The van der Waals surface area contributed by atoms with E-state index in [0.29, 0.717) is 12.8 Å². The molecule has 104 valence electrons. The van der Waals surface area contributed by atoms with Crippen LogP contribution in [-0.2, 0) is 17.6 Å². The molecule has 0 saturated carbocycles. The zero-order valence-electron chi connectivity index (χ0n) is 11.3. The number of halogens is 1. The van der Waals surface area contributed by atoms with Crippen LogP contribution in [0.5, 0.6) is 5.75 Å². The van der Waals surface area contributed by atoms with E-state index in [2.05, 4.69) is 20.9 Å². The summed E-state index contributed by atoms with van der Waals surface area (Å²) in [6.07, 6.45) is 5.17. The van der Waals surface area contributed by atoms with E-state index in [9.17, 15) is 4.79 Å². The first-order chi connectivity index (χ1) is 9.69. The highest BCUT2D eigenvalue weighted by atomic mass is 79.9. The third-order valence-electron chi connectivity index (χ3n) is 3.07. The number of rotatable bonds is 6. The molecule has 0 bridgehead atoms. The van der Waals surface area contributed by atoms with Gasteiger partial charge in [-0.3, -0.25) is 9.78 Å². The Labute approximate surface area is 127 Å². The number of carbonyl (C=O) groups excluding carboxylic acids is 1. The molecule has 0 unspecified atom stereocenters. The van der Waals surface area contributed by atoms with Crippen LogP contribution < -0.4 is 4.74 Å². The molecule has 1 aromatic heterocycles. The molecule has 2 rings (SSSR count). The standard InChI is InChI=1S/C16H16BrNO2/c1-20-16-5-3-14(17)10-13(16)11-15(19)4-2-12-6-8-18-9-7-12/h3,5-10H,2,4,11H2,1H3. The topological polar surface area (TPSA) is 39.2 Å². The van der Waals surface area contributed by atoms with Gasteiger partial charge in [0.2, 0.25) is 0 Å². The molecule has 0 N–H and O–H groups in total. The molecule has 0 aliphatic heterocycles. The van der Waals surface area contributed by atoms with Crippen molar-refractivity contribution >= 4 is 21.7 Å². The van der Waals surface area contributed by atoms with Crippen molar-refractivity contribution in [3.63, 3.8) is 0 Å². The molecule has 1 aromatic carbocycles. The number of hydrogen-bond acceptors (Lipinski definition) is 3. The van der Waals surface area contributed by atoms with Crippen molar-refractivity contribution in [3.8, 4) is 5.75 Å². The van der Waals surface area contributed by atoms with Gasteiger partial charge in [0, 0.05) is 35.3 Å². The van der Waals surface area contributed by atoms with Gasteiger partial charge in [-0.05, 0) is 42.3 Å². The molecule has 1 heterocycles. The maximum absolute atomic E-state index is 12.1. The zero-order chi connectivity index (χ0) is 14.4. The van der Waals surface area contributed by atoms with Crippen molar-refractivity contribution in [2.75, 3.05) is 7.11 Å². The van der Waals surface area contributed by atoms with Crippen molar-refractivity contribution in [2.24, 2.45) is 0 Å². The fourth-order valence-corrected chi connectivity index (χ4v) is 2.43. The first-order valence-corrected chi connectivity index (χ1v) is 7.21. The van der Waals surface area contributed by atoms with Crippen molar-refractivity contribution in [1.82, 2.24) is 4.98 Å². The molecule has 20 heavy (non-hydrogen) atoms. The number of ether oxygens (including phenoxy) is 1. The monoisotopic (exact) mass is 333 g/mol. The lowest BCUT2D eigenvalue weighted by atomic mass is 10.0. The molecule has 2 aromatic rings. The molecule has 0 aliphatic carbocycles. The summed E-state index contributed by atoms with van der Waals surface area (Å²) < 4.78 is 6.24. The lowest BCUT2D eigenvalue weighted by molar-refractivity contribution is -0.118. The number of nitrogens with zero attached hydrogens (tertiary/aromatic N) is 1. The third kappa shape index (κ3) is 4.17. The van der Waals surface area contributed by atoms with Gasteiger partial charge in [-0.15, -0.1) is 0 Å². The van der Waals surface area contributed by atoms with Gasteiger partial charge in [-0.1, -0.05) is 15.9 Å². The second-order valence-electron chi connectivity index (χ2n) is 4.53. The summed E-state index contributed by atoms with van der Waals surface area (Å²) >= 11 is 3.42. The number of benzene rings is 1. The van der Waals surface area contributed by atoms with E-state index in [0.717, 1.165) is 27.8 Å². The maximum atomic E-state index is 12.1. The summed E-state index contributed by atoms with van der Waals surface area (Å²) in [5.74, 6) is 0.962. The Morgan fingerprint density at radius 2 is 2.00 bits per heavy atom. The number of aromatic nitrogens is 1. The van der Waals surface area contributed by atoms with Gasteiger partial charge >= 0.3 is 0 Å². The minimum absolute atomic E-state index is 0.207. The molecule has 0 saturated heterocycles. The molecular formula is C16H16BrNO2. The molecule has 0 amide bonds. The van der Waals surface area contributed by atoms with Crippen molar-refractivity contribution in [3.05, 3.63) is 58.3 Å². The van der Waals surface area contributed by atoms with E-state index in [1.165, 1.54) is 0 Å². The largest absolute Gasteiger partial charge is 0.496 e. The first kappa shape index (κ1) is 14.7. The molecule has 0 spiro atoms. The van der Waals surface area contributed by atoms with E-state index in [1.54, 1.807) is 19.5 Å². The summed E-state index contributed by atoms with van der Waals surface area (Å²) in [5, 5.41) is 0. The van der Waals surface area contributed by atoms with E-state index < -0.39 is 0 Å². The van der Waals surface area contributed by atoms with Gasteiger partial charge in [0.25, 0.3) is 0 Å². The number of carbonyl (C=O) groups is 1. The SMILES string of the molecule is COc1ccc(Br)cc1CC(=O)CCc1ccncc1. The van der Waals surface area contributed by atoms with Gasteiger partial charge in [0.1, 0.15) is 11.5 Å². The number of pyridine rings is 1. The van der Waals surface area contributed by atoms with Gasteiger partial charge in [-0.2, -0.15) is 0 Å². The van der Waals surface area contributed by atoms with Gasteiger partial charge in [-0.25, -0.2) is 0 Å². The minimum Gasteiger partial charge on any atom is -0.496 e. The summed E-state index contributed by atoms with van der Waals surface area (Å²) in [7, 11) is 1.62. The number of ketones is 1. The van der Waals surface area contributed by atoms with Crippen LogP contribution >= 0.6 is 15.9 Å². The van der Waals surface area contributed by atoms with E-state index >= 15 is 0 Å². The molecule has 0 aliphatic rings. The molecule has 0 radical (unpaired) electrons.